The van der Waals surface area contributed by atoms with Crippen molar-refractivity contribution in [2.75, 3.05) is 61.9 Å². The van der Waals surface area contributed by atoms with Gasteiger partial charge in [-0.25, -0.2) is 9.97 Å². The fourth-order valence-electron chi connectivity index (χ4n) is 3.46. The number of rotatable bonds is 11. The van der Waals surface area contributed by atoms with Crippen LogP contribution < -0.4 is 21.7 Å². The number of carbonyl (C=O) groups is 1. The average Bonchev–Trinajstić information content (AvgIpc) is 3.61. The first-order chi connectivity index (χ1) is 15.2. The molecule has 0 spiro atoms. The fraction of sp³-hybridized carbons (Fsp3) is 0.524. The van der Waals surface area contributed by atoms with Crippen LogP contribution in [0.3, 0.4) is 0 Å². The van der Waals surface area contributed by atoms with Crippen LogP contribution in [-0.2, 0) is 9.53 Å². The van der Waals surface area contributed by atoms with Crippen molar-refractivity contribution >= 4 is 29.2 Å². The first kappa shape index (κ1) is 21.3. The van der Waals surface area contributed by atoms with Crippen molar-refractivity contribution in [3.05, 3.63) is 30.1 Å². The van der Waals surface area contributed by atoms with E-state index in [1.165, 1.54) is 0 Å². The maximum absolute atomic E-state index is 11.0. The van der Waals surface area contributed by atoms with Crippen LogP contribution in [0.15, 0.2) is 24.5 Å². The van der Waals surface area contributed by atoms with E-state index in [-0.39, 0.29) is 12.3 Å². The lowest BCUT2D eigenvalue weighted by Gasteiger charge is -2.26. The summed E-state index contributed by atoms with van der Waals surface area (Å²) in [5.41, 5.74) is 7.13. The number of carbonyl (C=O) groups excluding carboxylic acids is 1. The van der Waals surface area contributed by atoms with Crippen molar-refractivity contribution in [1.82, 2.24) is 19.9 Å². The number of hydrogen-bond acceptors (Lipinski definition) is 9. The number of nitrogens with two attached hydrogens (primary N) is 1. The molecule has 10 nitrogen and oxygen atoms in total. The molecule has 0 aromatic carbocycles. The summed E-state index contributed by atoms with van der Waals surface area (Å²) in [5, 5.41) is 9.77. The van der Waals surface area contributed by atoms with Gasteiger partial charge in [0.05, 0.1) is 25.1 Å². The van der Waals surface area contributed by atoms with Crippen LogP contribution in [0.25, 0.3) is 0 Å². The minimum atomic E-state index is -0.336. The summed E-state index contributed by atoms with van der Waals surface area (Å²) in [6.45, 7) is 5.85. The Bertz CT molecular complexity index is 866. The third kappa shape index (κ3) is 6.50. The van der Waals surface area contributed by atoms with Crippen molar-refractivity contribution < 1.29 is 9.53 Å². The van der Waals surface area contributed by atoms with E-state index in [0.717, 1.165) is 75.1 Å². The number of amides is 1. The quantitative estimate of drug-likeness (QED) is 0.422. The summed E-state index contributed by atoms with van der Waals surface area (Å²) in [4.78, 5) is 26.9. The van der Waals surface area contributed by atoms with Crippen LogP contribution in [0.5, 0.6) is 0 Å². The molecule has 0 radical (unpaired) electrons. The van der Waals surface area contributed by atoms with Gasteiger partial charge in [-0.3, -0.25) is 9.69 Å². The van der Waals surface area contributed by atoms with Crippen LogP contribution in [0.1, 0.15) is 30.7 Å². The van der Waals surface area contributed by atoms with Gasteiger partial charge in [-0.1, -0.05) is 0 Å². The van der Waals surface area contributed by atoms with E-state index in [9.17, 15) is 4.79 Å². The van der Waals surface area contributed by atoms with E-state index in [0.29, 0.717) is 18.4 Å². The molecule has 5 N–H and O–H groups in total. The summed E-state index contributed by atoms with van der Waals surface area (Å²) in [5.74, 6) is 2.24. The second-order valence-corrected chi connectivity index (χ2v) is 7.85. The normalized spacial score (nSPS) is 16.6. The average molecular weight is 427 g/mol. The first-order valence-corrected chi connectivity index (χ1v) is 10.8. The number of anilines is 4. The minimum absolute atomic E-state index is 0.265. The summed E-state index contributed by atoms with van der Waals surface area (Å²) in [7, 11) is 0. The zero-order valence-electron chi connectivity index (χ0n) is 17.6. The molecule has 2 aliphatic rings. The molecule has 0 unspecified atom stereocenters. The number of pyridine rings is 1. The second kappa shape index (κ2) is 10.4. The molecule has 1 aliphatic heterocycles. The van der Waals surface area contributed by atoms with E-state index in [4.69, 9.17) is 10.5 Å². The molecule has 1 aliphatic carbocycles. The summed E-state index contributed by atoms with van der Waals surface area (Å²) in [6.07, 6.45) is 6.17. The van der Waals surface area contributed by atoms with Crippen molar-refractivity contribution in [2.45, 2.75) is 25.2 Å². The van der Waals surface area contributed by atoms with Gasteiger partial charge in [0.2, 0.25) is 11.9 Å². The summed E-state index contributed by atoms with van der Waals surface area (Å²) >= 11 is 0. The third-order valence-corrected chi connectivity index (χ3v) is 5.36. The maximum Gasteiger partial charge on any atom is 0.229 e. The molecule has 2 aromatic rings. The topological polar surface area (TPSA) is 130 Å². The van der Waals surface area contributed by atoms with Crippen LogP contribution in [0.4, 0.5) is 23.3 Å². The standard InChI is InChI=1S/C21H30N8O2/c22-18(30)5-6-24-20-17(15-1-2-15)14-26-21(28-20)27-16-3-4-19(25-13-16)23-7-8-29-9-11-31-12-10-29/h3-4,13-15H,1-2,5-12H2,(H2,22,30)(H,23,25)(H2,24,26,27,28). The number of nitrogens with one attached hydrogen (secondary N) is 3. The summed E-state index contributed by atoms with van der Waals surface area (Å²) < 4.78 is 5.37. The zero-order valence-corrected chi connectivity index (χ0v) is 17.6. The Morgan fingerprint density at radius 2 is 1.97 bits per heavy atom. The van der Waals surface area contributed by atoms with Gasteiger partial charge in [0.1, 0.15) is 11.6 Å². The van der Waals surface area contributed by atoms with Gasteiger partial charge in [-0.15, -0.1) is 0 Å². The largest absolute Gasteiger partial charge is 0.379 e. The van der Waals surface area contributed by atoms with Crippen LogP contribution in [0, 0.1) is 0 Å². The molecular weight excluding hydrogens is 396 g/mol. The molecule has 1 saturated heterocycles. The third-order valence-electron chi connectivity index (χ3n) is 5.36. The van der Waals surface area contributed by atoms with Gasteiger partial charge in [-0.05, 0) is 30.9 Å². The molecule has 31 heavy (non-hydrogen) atoms. The van der Waals surface area contributed by atoms with Crippen LogP contribution >= 0.6 is 0 Å². The van der Waals surface area contributed by atoms with Gasteiger partial charge >= 0.3 is 0 Å². The van der Waals surface area contributed by atoms with Gasteiger partial charge in [-0.2, -0.15) is 4.98 Å². The number of primary amides is 1. The van der Waals surface area contributed by atoms with Crippen molar-refractivity contribution in [3.63, 3.8) is 0 Å². The summed E-state index contributed by atoms with van der Waals surface area (Å²) in [6, 6.07) is 3.88. The Kier molecular flexibility index (Phi) is 7.11. The Morgan fingerprint density at radius 3 is 2.68 bits per heavy atom. The molecule has 10 heteroatoms. The Morgan fingerprint density at radius 1 is 1.13 bits per heavy atom. The molecule has 0 bridgehead atoms. The molecule has 0 atom stereocenters. The van der Waals surface area contributed by atoms with Gasteiger partial charge < -0.3 is 26.4 Å². The highest BCUT2D eigenvalue weighted by Gasteiger charge is 2.27. The molecule has 2 fully saturated rings. The Balaban J connectivity index is 1.31. The molecule has 166 valence electrons. The van der Waals surface area contributed by atoms with Crippen LogP contribution in [0.2, 0.25) is 0 Å². The molecule has 3 heterocycles. The van der Waals surface area contributed by atoms with Gasteiger partial charge in [0, 0.05) is 50.9 Å². The smallest absolute Gasteiger partial charge is 0.229 e. The highest BCUT2D eigenvalue weighted by atomic mass is 16.5. The van der Waals surface area contributed by atoms with Gasteiger partial charge in [0.15, 0.2) is 0 Å². The maximum atomic E-state index is 11.0. The fourth-order valence-corrected chi connectivity index (χ4v) is 3.46. The second-order valence-electron chi connectivity index (χ2n) is 7.85. The van der Waals surface area contributed by atoms with E-state index in [2.05, 4.69) is 35.8 Å². The Hall–Kier alpha value is -2.98. The van der Waals surface area contributed by atoms with Gasteiger partial charge in [0.25, 0.3) is 0 Å². The first-order valence-electron chi connectivity index (χ1n) is 10.8. The van der Waals surface area contributed by atoms with Crippen LogP contribution in [-0.4, -0.2) is 71.7 Å². The lowest BCUT2D eigenvalue weighted by molar-refractivity contribution is -0.117. The van der Waals surface area contributed by atoms with E-state index in [1.54, 1.807) is 6.20 Å². The molecule has 1 saturated carbocycles. The highest BCUT2D eigenvalue weighted by molar-refractivity contribution is 5.74. The number of morpholine rings is 1. The molecule has 4 rings (SSSR count). The number of ether oxygens (including phenoxy) is 1. The highest BCUT2D eigenvalue weighted by Crippen LogP contribution is 2.42. The predicted octanol–water partition coefficient (Wildman–Crippen LogP) is 1.52. The lowest BCUT2D eigenvalue weighted by Crippen LogP contribution is -2.39. The number of nitrogens with zero attached hydrogens (tertiary/aromatic N) is 4. The Labute approximate surface area is 182 Å². The SMILES string of the molecule is NC(=O)CCNc1nc(Nc2ccc(NCCN3CCOCC3)nc2)ncc1C1CC1. The molecule has 2 aromatic heterocycles. The number of aromatic nitrogens is 3. The van der Waals surface area contributed by atoms with Crippen molar-refractivity contribution in [1.29, 1.82) is 0 Å². The lowest BCUT2D eigenvalue weighted by atomic mass is 10.2. The predicted molar refractivity (Wildman–Crippen MR) is 120 cm³/mol. The molecular formula is C21H30N8O2. The minimum Gasteiger partial charge on any atom is -0.379 e. The van der Waals surface area contributed by atoms with Crippen molar-refractivity contribution in [2.24, 2.45) is 5.73 Å². The van der Waals surface area contributed by atoms with E-state index < -0.39 is 0 Å². The number of hydrogen-bond donors (Lipinski definition) is 4. The van der Waals surface area contributed by atoms with Crippen molar-refractivity contribution in [3.8, 4) is 0 Å². The molecule has 1 amide bonds. The monoisotopic (exact) mass is 426 g/mol. The van der Waals surface area contributed by atoms with E-state index in [1.807, 2.05) is 18.3 Å². The van der Waals surface area contributed by atoms with E-state index >= 15 is 0 Å². The zero-order chi connectivity index (χ0) is 21.5.